The fraction of sp³-hybridized carbons (Fsp3) is 0.333. The van der Waals surface area contributed by atoms with E-state index < -0.39 is 0 Å². The molecule has 0 spiro atoms. The van der Waals surface area contributed by atoms with E-state index in [-0.39, 0.29) is 24.3 Å². The molecule has 4 rings (SSSR count). The summed E-state index contributed by atoms with van der Waals surface area (Å²) in [6, 6.07) is 15.7. The maximum atomic E-state index is 12.8. The number of rotatable bonds is 4. The smallest absolute Gasteiger partial charge is 0.226 e. The van der Waals surface area contributed by atoms with Crippen molar-refractivity contribution in [3.05, 3.63) is 65.9 Å². The Kier molecular flexibility index (Phi) is 5.65. The molecule has 1 atom stereocenters. The molecule has 5 heteroatoms. The van der Waals surface area contributed by atoms with E-state index in [9.17, 15) is 9.59 Å². The first-order valence-corrected chi connectivity index (χ1v) is 10.3. The molecule has 0 radical (unpaired) electrons. The number of nitrogens with one attached hydrogen (secondary N) is 1. The number of carbonyl (C=O) groups excluding carboxylic acids is 2. The summed E-state index contributed by atoms with van der Waals surface area (Å²) in [5.41, 5.74) is 4.04. The molecule has 1 fully saturated rings. The number of piperidine rings is 1. The third-order valence-corrected chi connectivity index (χ3v) is 5.72. The Morgan fingerprint density at radius 1 is 1.00 bits per heavy atom. The molecule has 0 saturated carbocycles. The van der Waals surface area contributed by atoms with Gasteiger partial charge >= 0.3 is 0 Å². The van der Waals surface area contributed by atoms with Gasteiger partial charge in [-0.05, 0) is 60.7 Å². The number of amides is 2. The maximum absolute atomic E-state index is 12.8. The predicted molar refractivity (Wildman–Crippen MR) is 116 cm³/mol. The van der Waals surface area contributed by atoms with E-state index in [2.05, 4.69) is 22.3 Å². The highest BCUT2D eigenvalue weighted by molar-refractivity contribution is 5.92. The second-order valence-electron chi connectivity index (χ2n) is 7.73. The van der Waals surface area contributed by atoms with Gasteiger partial charge < -0.3 is 15.1 Å². The van der Waals surface area contributed by atoms with Crippen LogP contribution < -0.4 is 10.2 Å². The van der Waals surface area contributed by atoms with Crippen LogP contribution in [0.25, 0.3) is 6.08 Å². The third-order valence-electron chi connectivity index (χ3n) is 5.72. The first kappa shape index (κ1) is 19.2. The number of hydrogen-bond acceptors (Lipinski definition) is 3. The van der Waals surface area contributed by atoms with Gasteiger partial charge in [-0.2, -0.15) is 0 Å². The lowest BCUT2D eigenvalue weighted by Gasteiger charge is -2.32. The molecule has 0 bridgehead atoms. The number of nitrogens with zero attached hydrogens (tertiary/aromatic N) is 2. The normalized spacial score (nSPS) is 18.3. The van der Waals surface area contributed by atoms with Gasteiger partial charge in [-0.25, -0.2) is 0 Å². The zero-order valence-corrected chi connectivity index (χ0v) is 16.8. The summed E-state index contributed by atoms with van der Waals surface area (Å²) in [6.07, 6.45) is 7.70. The van der Waals surface area contributed by atoms with Gasteiger partial charge in [0.1, 0.15) is 0 Å². The van der Waals surface area contributed by atoms with Crippen LogP contribution in [0.2, 0.25) is 0 Å². The Hall–Kier alpha value is -3.08. The molecule has 0 aliphatic carbocycles. The summed E-state index contributed by atoms with van der Waals surface area (Å²) in [5, 5.41) is 2.99. The SMILES string of the molecule is CC(=O)N1C=Cc2ccccc2C1CC(=O)Nc1ccc(N2CCCCC2)cc1. The van der Waals surface area contributed by atoms with Crippen molar-refractivity contribution in [1.82, 2.24) is 4.90 Å². The molecule has 2 aromatic rings. The van der Waals surface area contributed by atoms with E-state index in [4.69, 9.17) is 0 Å². The second kappa shape index (κ2) is 8.52. The highest BCUT2D eigenvalue weighted by Crippen LogP contribution is 2.33. The van der Waals surface area contributed by atoms with Crippen LogP contribution in [0.3, 0.4) is 0 Å². The van der Waals surface area contributed by atoms with E-state index in [1.165, 1.54) is 31.9 Å². The largest absolute Gasteiger partial charge is 0.372 e. The van der Waals surface area contributed by atoms with Crippen molar-refractivity contribution in [1.29, 1.82) is 0 Å². The topological polar surface area (TPSA) is 52.7 Å². The van der Waals surface area contributed by atoms with E-state index in [1.807, 2.05) is 42.5 Å². The minimum absolute atomic E-state index is 0.0700. The molecule has 0 aromatic heterocycles. The molecule has 1 saturated heterocycles. The summed E-state index contributed by atoms with van der Waals surface area (Å²) in [7, 11) is 0. The standard InChI is InChI=1S/C24H27N3O2/c1-18(28)27-16-13-19-7-3-4-8-22(19)23(27)17-24(29)25-20-9-11-21(12-10-20)26-14-5-2-6-15-26/h3-4,7-13,16,23H,2,5-6,14-15,17H2,1H3,(H,25,29). The molecule has 150 valence electrons. The Bertz CT molecular complexity index is 914. The molecule has 1 unspecified atom stereocenters. The summed E-state index contributed by atoms with van der Waals surface area (Å²) in [6.45, 7) is 3.73. The number of carbonyl (C=O) groups is 2. The molecule has 2 aliphatic heterocycles. The molecular formula is C24H27N3O2. The summed E-state index contributed by atoms with van der Waals surface area (Å²) in [4.78, 5) is 28.9. The van der Waals surface area contributed by atoms with E-state index in [1.54, 1.807) is 11.1 Å². The highest BCUT2D eigenvalue weighted by atomic mass is 16.2. The van der Waals surface area contributed by atoms with Crippen LogP contribution in [0.4, 0.5) is 11.4 Å². The van der Waals surface area contributed by atoms with Crippen molar-refractivity contribution in [3.63, 3.8) is 0 Å². The van der Waals surface area contributed by atoms with Crippen molar-refractivity contribution in [2.45, 2.75) is 38.6 Å². The lowest BCUT2D eigenvalue weighted by Crippen LogP contribution is -2.33. The predicted octanol–water partition coefficient (Wildman–Crippen LogP) is 4.58. The zero-order valence-electron chi connectivity index (χ0n) is 16.8. The Labute approximate surface area is 172 Å². The molecule has 5 nitrogen and oxygen atoms in total. The van der Waals surface area contributed by atoms with Gasteiger partial charge in [0.25, 0.3) is 0 Å². The molecule has 2 aliphatic rings. The van der Waals surface area contributed by atoms with Crippen LogP contribution >= 0.6 is 0 Å². The maximum Gasteiger partial charge on any atom is 0.226 e. The van der Waals surface area contributed by atoms with Crippen LogP contribution in [0.15, 0.2) is 54.7 Å². The van der Waals surface area contributed by atoms with Gasteiger partial charge in [-0.3, -0.25) is 9.59 Å². The average molecular weight is 389 g/mol. The van der Waals surface area contributed by atoms with Crippen LogP contribution in [0.1, 0.15) is 49.8 Å². The Balaban J connectivity index is 1.44. The minimum Gasteiger partial charge on any atom is -0.372 e. The lowest BCUT2D eigenvalue weighted by molar-refractivity contribution is -0.129. The summed E-state index contributed by atoms with van der Waals surface area (Å²) >= 11 is 0. The zero-order chi connectivity index (χ0) is 20.2. The summed E-state index contributed by atoms with van der Waals surface area (Å²) < 4.78 is 0. The first-order chi connectivity index (χ1) is 14.1. The minimum atomic E-state index is -0.290. The van der Waals surface area contributed by atoms with Gasteiger partial charge in [-0.15, -0.1) is 0 Å². The number of benzene rings is 2. The number of hydrogen-bond donors (Lipinski definition) is 1. The molecule has 2 heterocycles. The summed E-state index contributed by atoms with van der Waals surface area (Å²) in [5.74, 6) is -0.170. The lowest BCUT2D eigenvalue weighted by atomic mass is 9.93. The highest BCUT2D eigenvalue weighted by Gasteiger charge is 2.28. The molecule has 1 N–H and O–H groups in total. The number of fused-ring (bicyclic) bond motifs is 1. The van der Waals surface area contributed by atoms with Crippen molar-refractivity contribution >= 4 is 29.3 Å². The molecule has 29 heavy (non-hydrogen) atoms. The van der Waals surface area contributed by atoms with Gasteiger partial charge in [0.15, 0.2) is 0 Å². The van der Waals surface area contributed by atoms with Crippen molar-refractivity contribution < 1.29 is 9.59 Å². The van der Waals surface area contributed by atoms with Crippen LogP contribution in [0, 0.1) is 0 Å². The van der Waals surface area contributed by atoms with Gasteiger partial charge in [0.05, 0.1) is 12.5 Å². The third kappa shape index (κ3) is 4.34. The van der Waals surface area contributed by atoms with E-state index in [0.717, 1.165) is 29.9 Å². The Morgan fingerprint density at radius 3 is 2.45 bits per heavy atom. The molecule has 2 aromatic carbocycles. The quantitative estimate of drug-likeness (QED) is 0.833. The average Bonchev–Trinajstić information content (AvgIpc) is 2.75. The number of anilines is 2. The van der Waals surface area contributed by atoms with Gasteiger partial charge in [0, 0.05) is 37.6 Å². The monoisotopic (exact) mass is 389 g/mol. The van der Waals surface area contributed by atoms with Crippen molar-refractivity contribution in [2.75, 3.05) is 23.3 Å². The fourth-order valence-electron chi connectivity index (χ4n) is 4.21. The van der Waals surface area contributed by atoms with Crippen LogP contribution in [-0.2, 0) is 9.59 Å². The van der Waals surface area contributed by atoms with Crippen LogP contribution in [-0.4, -0.2) is 29.8 Å². The molecular weight excluding hydrogens is 362 g/mol. The molecule has 2 amide bonds. The van der Waals surface area contributed by atoms with E-state index >= 15 is 0 Å². The van der Waals surface area contributed by atoms with Crippen molar-refractivity contribution in [2.24, 2.45) is 0 Å². The Morgan fingerprint density at radius 2 is 1.72 bits per heavy atom. The van der Waals surface area contributed by atoms with Crippen LogP contribution in [0.5, 0.6) is 0 Å². The second-order valence-corrected chi connectivity index (χ2v) is 7.73. The van der Waals surface area contributed by atoms with Crippen molar-refractivity contribution in [3.8, 4) is 0 Å². The van der Waals surface area contributed by atoms with E-state index in [0.29, 0.717) is 0 Å². The van der Waals surface area contributed by atoms with Gasteiger partial charge in [0.2, 0.25) is 11.8 Å². The fourth-order valence-corrected chi connectivity index (χ4v) is 4.21. The van der Waals surface area contributed by atoms with Gasteiger partial charge in [-0.1, -0.05) is 24.3 Å². The first-order valence-electron chi connectivity index (χ1n) is 10.3.